The molecule has 0 aliphatic heterocycles. The van der Waals surface area contributed by atoms with E-state index in [2.05, 4.69) is 13.8 Å². The van der Waals surface area contributed by atoms with E-state index in [4.69, 9.17) is 13.7 Å². The Kier molecular flexibility index (Phi) is 20.4. The molecule has 3 atom stereocenters. The minimum Gasteiger partial charge on any atom is -0.391 e. The van der Waals surface area contributed by atoms with E-state index in [0.29, 0.717) is 24.0 Å². The van der Waals surface area contributed by atoms with Crippen LogP contribution in [0.1, 0.15) is 130 Å². The van der Waals surface area contributed by atoms with Crippen LogP contribution in [0.5, 0.6) is 0 Å². The van der Waals surface area contributed by atoms with Gasteiger partial charge in [-0.1, -0.05) is 104 Å². The lowest BCUT2D eigenvalue weighted by molar-refractivity contribution is -0.162. The van der Waals surface area contributed by atoms with Crippen LogP contribution in [0.4, 0.5) is 0 Å². The van der Waals surface area contributed by atoms with Crippen LogP contribution in [0.3, 0.4) is 0 Å². The number of unbranched alkanes of at least 4 members (excludes halogenated alkanes) is 7. The maximum Gasteiger partial charge on any atom is 0.324 e. The second-order valence-corrected chi connectivity index (χ2v) is 12.0. The average Bonchev–Trinajstić information content (AvgIpc) is 2.89. The maximum absolute atomic E-state index is 12.3. The molecule has 0 heterocycles. The third kappa shape index (κ3) is 15.3. The second kappa shape index (κ2) is 21.7. The zero-order valence-electron chi connectivity index (χ0n) is 23.2. The molecule has 36 heavy (non-hydrogen) atoms. The summed E-state index contributed by atoms with van der Waals surface area (Å²) in [6, 6.07) is 0. The van der Waals surface area contributed by atoms with Crippen LogP contribution in [0, 0.1) is 11.8 Å². The molecule has 1 saturated carbocycles. The molecule has 0 saturated heterocycles. The third-order valence-electron chi connectivity index (χ3n) is 7.10. The quantitative estimate of drug-likeness (QED) is 0.0593. The van der Waals surface area contributed by atoms with Gasteiger partial charge in [-0.15, -0.1) is 0 Å². The molecule has 3 unspecified atom stereocenters. The normalized spacial score (nSPS) is 18.1. The minimum atomic E-state index is -2.01. The number of ether oxygens (including phenoxy) is 2. The van der Waals surface area contributed by atoms with E-state index in [1.54, 1.807) is 0 Å². The Labute approximate surface area is 226 Å². The topological polar surface area (TPSA) is 82.1 Å². The average molecular weight is 549 g/mol. The van der Waals surface area contributed by atoms with Crippen molar-refractivity contribution in [3.8, 4) is 0 Å². The summed E-state index contributed by atoms with van der Waals surface area (Å²) in [7, 11) is -0.629. The van der Waals surface area contributed by atoms with Gasteiger partial charge in [-0.25, -0.2) is 0 Å². The first kappa shape index (κ1) is 33.8. The van der Waals surface area contributed by atoms with Crippen molar-refractivity contribution in [1.29, 1.82) is 0 Å². The largest absolute Gasteiger partial charge is 0.391 e. The highest BCUT2D eigenvalue weighted by atomic mass is 32.2. The SMILES string of the molecule is CCCCCCCCCCOC(CCC)C(CSOC(=O)CC(O)(OCCC)P=O)C1CCCCC1. The Morgan fingerprint density at radius 1 is 0.944 bits per heavy atom. The van der Waals surface area contributed by atoms with Crippen molar-refractivity contribution >= 4 is 26.5 Å². The highest BCUT2D eigenvalue weighted by Gasteiger charge is 2.35. The second-order valence-electron chi connectivity index (χ2n) is 10.3. The number of rotatable bonds is 23. The van der Waals surface area contributed by atoms with E-state index in [0.717, 1.165) is 37.9 Å². The van der Waals surface area contributed by atoms with Crippen LogP contribution in [0.15, 0.2) is 0 Å². The molecular formula is C28H53O6PS. The molecule has 1 aliphatic carbocycles. The Balaban J connectivity index is 2.55. The van der Waals surface area contributed by atoms with Crippen molar-refractivity contribution in [1.82, 2.24) is 0 Å². The number of hydrogen-bond acceptors (Lipinski definition) is 7. The first-order chi connectivity index (χ1) is 17.5. The molecule has 0 amide bonds. The van der Waals surface area contributed by atoms with Crippen LogP contribution in [-0.4, -0.2) is 41.7 Å². The molecule has 1 aliphatic rings. The van der Waals surface area contributed by atoms with Crippen molar-refractivity contribution in [3.05, 3.63) is 0 Å². The zero-order chi connectivity index (χ0) is 26.5. The lowest BCUT2D eigenvalue weighted by Crippen LogP contribution is -2.34. The van der Waals surface area contributed by atoms with E-state index in [9.17, 15) is 14.5 Å². The number of carbonyl (C=O) groups is 1. The van der Waals surface area contributed by atoms with Gasteiger partial charge in [0.2, 0.25) is 8.46 Å². The predicted molar refractivity (Wildman–Crippen MR) is 149 cm³/mol. The Morgan fingerprint density at radius 3 is 2.22 bits per heavy atom. The first-order valence-corrected chi connectivity index (χ1v) is 16.4. The molecule has 0 bridgehead atoms. The van der Waals surface area contributed by atoms with E-state index in [1.807, 2.05) is 6.92 Å². The van der Waals surface area contributed by atoms with Gasteiger partial charge >= 0.3 is 5.97 Å². The van der Waals surface area contributed by atoms with Gasteiger partial charge in [-0.2, -0.15) is 0 Å². The summed E-state index contributed by atoms with van der Waals surface area (Å²) >= 11 is 1.15. The monoisotopic (exact) mass is 548 g/mol. The number of aliphatic hydroxyl groups is 1. The van der Waals surface area contributed by atoms with Gasteiger partial charge in [-0.3, -0.25) is 9.36 Å². The van der Waals surface area contributed by atoms with Crippen molar-refractivity contribution in [2.75, 3.05) is 19.0 Å². The summed E-state index contributed by atoms with van der Waals surface area (Å²) in [6.45, 7) is 7.37. The van der Waals surface area contributed by atoms with E-state index in [-0.39, 0.29) is 12.7 Å². The fourth-order valence-electron chi connectivity index (χ4n) is 5.06. The lowest BCUT2D eigenvalue weighted by Gasteiger charge is -2.35. The number of carbonyl (C=O) groups excluding carboxylic acids is 1. The third-order valence-corrected chi connectivity index (χ3v) is 8.50. The molecule has 1 N–H and O–H groups in total. The van der Waals surface area contributed by atoms with Crippen LogP contribution in [-0.2, 0) is 23.0 Å². The van der Waals surface area contributed by atoms with Gasteiger partial charge < -0.3 is 18.8 Å². The smallest absolute Gasteiger partial charge is 0.324 e. The predicted octanol–water partition coefficient (Wildman–Crippen LogP) is 8.45. The van der Waals surface area contributed by atoms with E-state index >= 15 is 0 Å². The number of hydrogen-bond donors (Lipinski definition) is 1. The van der Waals surface area contributed by atoms with Gasteiger partial charge in [0.05, 0.1) is 24.8 Å². The highest BCUT2D eigenvalue weighted by Crippen LogP contribution is 2.37. The Bertz CT molecular complexity index is 560. The van der Waals surface area contributed by atoms with Crippen LogP contribution >= 0.6 is 20.5 Å². The maximum atomic E-state index is 12.3. The first-order valence-electron chi connectivity index (χ1n) is 14.6. The van der Waals surface area contributed by atoms with Gasteiger partial charge in [0.15, 0.2) is 0 Å². The summed E-state index contributed by atoms with van der Waals surface area (Å²) in [5.41, 5.74) is -2.01. The van der Waals surface area contributed by atoms with Gasteiger partial charge in [-0.05, 0) is 25.2 Å². The molecule has 8 heteroatoms. The van der Waals surface area contributed by atoms with Crippen LogP contribution in [0.25, 0.3) is 0 Å². The standard InChI is InChI=1S/C28H53O6PS/c1-4-7-8-9-10-11-12-16-21-32-26(17-5-2)25(24-18-14-13-15-19-24)23-36-34-27(29)22-28(30,35-31)33-20-6-3/h24-26,30H,4-23H2,1-3H3. The van der Waals surface area contributed by atoms with Gasteiger partial charge in [0.1, 0.15) is 6.42 Å². The molecule has 6 nitrogen and oxygen atoms in total. The van der Waals surface area contributed by atoms with Crippen molar-refractivity contribution in [2.24, 2.45) is 11.8 Å². The highest BCUT2D eigenvalue weighted by molar-refractivity contribution is 7.95. The molecule has 0 aromatic carbocycles. The van der Waals surface area contributed by atoms with Gasteiger partial charge in [0.25, 0.3) is 5.53 Å². The summed E-state index contributed by atoms with van der Waals surface area (Å²) in [5.74, 6) is 0.994. The molecule has 1 fully saturated rings. The molecule has 0 aromatic heterocycles. The fraction of sp³-hybridized carbons (Fsp3) is 0.964. The minimum absolute atomic E-state index is 0.179. The van der Waals surface area contributed by atoms with Crippen molar-refractivity contribution in [3.63, 3.8) is 0 Å². The van der Waals surface area contributed by atoms with E-state index < -0.39 is 26.4 Å². The molecular weight excluding hydrogens is 495 g/mol. The van der Waals surface area contributed by atoms with E-state index in [1.165, 1.54) is 77.0 Å². The Hall–Kier alpha value is -0.200. The zero-order valence-corrected chi connectivity index (χ0v) is 24.9. The molecule has 212 valence electrons. The van der Waals surface area contributed by atoms with Crippen molar-refractivity contribution in [2.45, 2.75) is 142 Å². The fourth-order valence-corrected chi connectivity index (χ4v) is 6.30. The lowest BCUT2D eigenvalue weighted by atomic mass is 9.77. The molecule has 0 spiro atoms. The van der Waals surface area contributed by atoms with Crippen LogP contribution in [0.2, 0.25) is 0 Å². The Morgan fingerprint density at radius 2 is 1.61 bits per heavy atom. The van der Waals surface area contributed by atoms with Crippen LogP contribution < -0.4 is 0 Å². The van der Waals surface area contributed by atoms with Crippen molar-refractivity contribution < 1.29 is 28.1 Å². The summed E-state index contributed by atoms with van der Waals surface area (Å²) in [4.78, 5) is 12.3. The van der Waals surface area contributed by atoms with Gasteiger partial charge in [0, 0.05) is 18.3 Å². The summed E-state index contributed by atoms with van der Waals surface area (Å²) in [5, 5.41) is 10.2. The summed E-state index contributed by atoms with van der Waals surface area (Å²) < 4.78 is 28.4. The molecule has 0 radical (unpaired) electrons. The molecule has 0 aromatic rings. The summed E-state index contributed by atoms with van der Waals surface area (Å²) in [6.07, 6.45) is 19.0. The molecule has 1 rings (SSSR count).